The lowest BCUT2D eigenvalue weighted by molar-refractivity contribution is 0.0818. The Balaban J connectivity index is 0.000000300. The van der Waals surface area contributed by atoms with Crippen molar-refractivity contribution in [2.75, 3.05) is 39.7 Å². The summed E-state index contributed by atoms with van der Waals surface area (Å²) in [5.74, 6) is 1.84. The normalized spacial score (nSPS) is 10.1. The van der Waals surface area contributed by atoms with Gasteiger partial charge in [-0.1, -0.05) is 43.1 Å². The van der Waals surface area contributed by atoms with Gasteiger partial charge in [-0.2, -0.15) is 0 Å². The summed E-state index contributed by atoms with van der Waals surface area (Å²) in [7, 11) is 6.93. The number of rotatable bonds is 6. The monoisotopic (exact) mass is 486 g/mol. The standard InChI is InChI=1S/2C11H14ClNOS/c1-4-15-10-6-5-8(7-9(10)12)11(14)13(2)3;1-4-15-10-8(11(14)13(2)3)6-5-7-9(10)12/h2*5-7H,4H2,1-3H3. The van der Waals surface area contributed by atoms with Gasteiger partial charge in [-0.25, -0.2) is 0 Å². The number of hydrogen-bond donors (Lipinski definition) is 0. The van der Waals surface area contributed by atoms with Crippen molar-refractivity contribution in [3.05, 3.63) is 57.6 Å². The molecular formula is C22H28Cl2N2O2S2. The Hall–Kier alpha value is -1.34. The van der Waals surface area contributed by atoms with Crippen LogP contribution in [0, 0.1) is 0 Å². The quantitative estimate of drug-likeness (QED) is 0.448. The molecule has 0 bridgehead atoms. The van der Waals surface area contributed by atoms with Gasteiger partial charge in [-0.15, -0.1) is 23.5 Å². The van der Waals surface area contributed by atoms with E-state index < -0.39 is 0 Å². The molecule has 2 rings (SSSR count). The van der Waals surface area contributed by atoms with Crippen LogP contribution in [-0.4, -0.2) is 61.3 Å². The lowest BCUT2D eigenvalue weighted by Crippen LogP contribution is -2.22. The zero-order chi connectivity index (χ0) is 22.8. The SMILES string of the molecule is CCSc1c(Cl)cccc1C(=O)N(C)C.CCSc1ccc(C(=O)N(C)C)cc1Cl. The van der Waals surface area contributed by atoms with E-state index in [9.17, 15) is 9.59 Å². The van der Waals surface area contributed by atoms with Gasteiger partial charge in [-0.05, 0) is 41.8 Å². The first-order valence-electron chi connectivity index (χ1n) is 9.40. The maximum atomic E-state index is 11.8. The topological polar surface area (TPSA) is 40.6 Å². The summed E-state index contributed by atoms with van der Waals surface area (Å²) >= 11 is 15.4. The third-order valence-corrected chi connectivity index (χ3v) is 6.60. The third-order valence-electron chi connectivity index (χ3n) is 3.78. The first-order chi connectivity index (χ1) is 14.1. The fraction of sp³-hybridized carbons (Fsp3) is 0.364. The number of thioether (sulfide) groups is 2. The van der Waals surface area contributed by atoms with Crippen molar-refractivity contribution in [1.29, 1.82) is 0 Å². The molecule has 0 atom stereocenters. The van der Waals surface area contributed by atoms with Crippen LogP contribution in [0.4, 0.5) is 0 Å². The molecule has 0 saturated heterocycles. The molecule has 0 aromatic heterocycles. The highest BCUT2D eigenvalue weighted by Gasteiger charge is 2.15. The smallest absolute Gasteiger partial charge is 0.254 e. The van der Waals surface area contributed by atoms with E-state index in [1.54, 1.807) is 68.7 Å². The molecule has 0 aliphatic carbocycles. The predicted octanol–water partition coefficient (Wildman–Crippen LogP) is 6.31. The molecule has 0 spiro atoms. The minimum atomic E-state index is -0.0232. The van der Waals surface area contributed by atoms with Crippen LogP contribution in [0.3, 0.4) is 0 Å². The maximum Gasteiger partial charge on any atom is 0.254 e. The highest BCUT2D eigenvalue weighted by Crippen LogP contribution is 2.31. The number of carbonyl (C=O) groups is 2. The van der Waals surface area contributed by atoms with Gasteiger partial charge in [0.25, 0.3) is 11.8 Å². The van der Waals surface area contributed by atoms with Crippen molar-refractivity contribution >= 4 is 58.5 Å². The van der Waals surface area contributed by atoms with Gasteiger partial charge in [0.2, 0.25) is 0 Å². The average Bonchev–Trinajstić information content (AvgIpc) is 2.70. The molecule has 8 heteroatoms. The predicted molar refractivity (Wildman–Crippen MR) is 132 cm³/mol. The fourth-order valence-electron chi connectivity index (χ4n) is 2.37. The molecule has 0 saturated carbocycles. The first kappa shape index (κ1) is 26.7. The number of halogens is 2. The van der Waals surface area contributed by atoms with Crippen LogP contribution in [0.25, 0.3) is 0 Å². The van der Waals surface area contributed by atoms with E-state index >= 15 is 0 Å². The van der Waals surface area contributed by atoms with Gasteiger partial charge >= 0.3 is 0 Å². The minimum absolute atomic E-state index is 0.00606. The molecule has 0 heterocycles. The van der Waals surface area contributed by atoms with E-state index in [1.807, 2.05) is 31.2 Å². The summed E-state index contributed by atoms with van der Waals surface area (Å²) in [6, 6.07) is 10.9. The second-order valence-corrected chi connectivity index (χ2v) is 9.92. The van der Waals surface area contributed by atoms with Crippen LogP contribution in [0.2, 0.25) is 10.0 Å². The number of benzene rings is 2. The van der Waals surface area contributed by atoms with E-state index in [0.29, 0.717) is 21.2 Å². The first-order valence-corrected chi connectivity index (χ1v) is 12.1. The molecule has 2 aromatic rings. The lowest BCUT2D eigenvalue weighted by atomic mass is 10.2. The summed E-state index contributed by atoms with van der Waals surface area (Å²) in [6.45, 7) is 4.11. The molecule has 30 heavy (non-hydrogen) atoms. The summed E-state index contributed by atoms with van der Waals surface area (Å²) in [5.41, 5.74) is 1.31. The molecule has 2 aromatic carbocycles. The van der Waals surface area contributed by atoms with E-state index in [1.165, 1.54) is 4.90 Å². The summed E-state index contributed by atoms with van der Waals surface area (Å²) in [5, 5.41) is 1.30. The van der Waals surface area contributed by atoms with Crippen molar-refractivity contribution in [3.63, 3.8) is 0 Å². The van der Waals surface area contributed by atoms with Crippen molar-refractivity contribution in [3.8, 4) is 0 Å². The van der Waals surface area contributed by atoms with Gasteiger partial charge in [0.05, 0.1) is 15.6 Å². The van der Waals surface area contributed by atoms with E-state index in [0.717, 1.165) is 21.3 Å². The summed E-state index contributed by atoms with van der Waals surface area (Å²) in [4.78, 5) is 28.5. The molecule has 0 aliphatic rings. The Morgan fingerprint density at radius 2 is 1.43 bits per heavy atom. The Morgan fingerprint density at radius 1 is 0.833 bits per heavy atom. The van der Waals surface area contributed by atoms with Gasteiger partial charge in [-0.3, -0.25) is 9.59 Å². The highest BCUT2D eigenvalue weighted by molar-refractivity contribution is 7.99. The highest BCUT2D eigenvalue weighted by atomic mass is 35.5. The number of hydrogen-bond acceptors (Lipinski definition) is 4. The Labute approximate surface area is 198 Å². The lowest BCUT2D eigenvalue weighted by Gasteiger charge is -2.14. The van der Waals surface area contributed by atoms with Crippen LogP contribution in [-0.2, 0) is 0 Å². The Kier molecular flexibility index (Phi) is 11.7. The van der Waals surface area contributed by atoms with Crippen molar-refractivity contribution in [1.82, 2.24) is 9.80 Å². The summed E-state index contributed by atoms with van der Waals surface area (Å²) < 4.78 is 0. The minimum Gasteiger partial charge on any atom is -0.345 e. The summed E-state index contributed by atoms with van der Waals surface area (Å²) in [6.07, 6.45) is 0. The molecule has 0 aliphatic heterocycles. The molecule has 0 unspecified atom stereocenters. The Morgan fingerprint density at radius 3 is 1.93 bits per heavy atom. The molecule has 4 nitrogen and oxygen atoms in total. The van der Waals surface area contributed by atoms with Crippen LogP contribution >= 0.6 is 46.7 Å². The van der Waals surface area contributed by atoms with Crippen LogP contribution in [0.5, 0.6) is 0 Å². The van der Waals surface area contributed by atoms with Gasteiger partial charge in [0, 0.05) is 43.5 Å². The number of nitrogens with zero attached hydrogens (tertiary/aromatic N) is 2. The van der Waals surface area contributed by atoms with Crippen LogP contribution < -0.4 is 0 Å². The molecular weight excluding hydrogens is 459 g/mol. The second-order valence-electron chi connectivity index (χ2n) is 6.53. The zero-order valence-electron chi connectivity index (χ0n) is 18.2. The van der Waals surface area contributed by atoms with Crippen molar-refractivity contribution in [2.24, 2.45) is 0 Å². The van der Waals surface area contributed by atoms with E-state index in [2.05, 4.69) is 6.92 Å². The van der Waals surface area contributed by atoms with Crippen molar-refractivity contribution < 1.29 is 9.59 Å². The van der Waals surface area contributed by atoms with Crippen molar-refractivity contribution in [2.45, 2.75) is 23.6 Å². The zero-order valence-corrected chi connectivity index (χ0v) is 21.3. The number of amides is 2. The Bertz CT molecular complexity index is 874. The average molecular weight is 488 g/mol. The molecule has 0 fully saturated rings. The van der Waals surface area contributed by atoms with Crippen LogP contribution in [0.1, 0.15) is 34.6 Å². The van der Waals surface area contributed by atoms with Gasteiger partial charge in [0.1, 0.15) is 0 Å². The van der Waals surface area contributed by atoms with Crippen LogP contribution in [0.15, 0.2) is 46.2 Å². The van der Waals surface area contributed by atoms with Gasteiger partial charge < -0.3 is 9.80 Å². The molecule has 0 N–H and O–H groups in total. The fourth-order valence-corrected chi connectivity index (χ4v) is 4.53. The van der Waals surface area contributed by atoms with E-state index in [-0.39, 0.29) is 11.8 Å². The maximum absolute atomic E-state index is 11.8. The largest absolute Gasteiger partial charge is 0.345 e. The van der Waals surface area contributed by atoms with Gasteiger partial charge in [0.15, 0.2) is 0 Å². The molecule has 164 valence electrons. The number of carbonyl (C=O) groups excluding carboxylic acids is 2. The second kappa shape index (κ2) is 13.2. The van der Waals surface area contributed by atoms with E-state index in [4.69, 9.17) is 23.2 Å². The molecule has 0 radical (unpaired) electrons. The third kappa shape index (κ3) is 7.73. The molecule has 2 amide bonds.